The van der Waals surface area contributed by atoms with E-state index in [9.17, 15) is 0 Å². The second-order valence-electron chi connectivity index (χ2n) is 4.26. The summed E-state index contributed by atoms with van der Waals surface area (Å²) in [5, 5.41) is 0. The van der Waals surface area contributed by atoms with Crippen LogP contribution in [0.4, 0.5) is 0 Å². The Morgan fingerprint density at radius 3 is 2.00 bits per heavy atom. The summed E-state index contributed by atoms with van der Waals surface area (Å²) in [5.74, 6) is 0. The maximum Gasteiger partial charge on any atom is 0.0346 e. The van der Waals surface area contributed by atoms with Crippen LogP contribution in [0, 0.1) is 0 Å². The van der Waals surface area contributed by atoms with Gasteiger partial charge in [-0.25, -0.2) is 0 Å². The van der Waals surface area contributed by atoms with Gasteiger partial charge in [0, 0.05) is 12.4 Å². The maximum absolute atomic E-state index is 4.08. The van der Waals surface area contributed by atoms with E-state index >= 15 is 0 Å². The van der Waals surface area contributed by atoms with Crippen LogP contribution in [0.5, 0.6) is 0 Å². The molecule has 0 saturated carbocycles. The highest BCUT2D eigenvalue weighted by atomic mass is 14.6. The monoisotopic (exact) mass is 285 g/mol. The molecule has 0 aliphatic carbocycles. The number of allylic oxidation sites excluding steroid dienone is 6. The number of hydrogen-bond donors (Lipinski definition) is 0. The molecule has 0 amide bonds. The molecule has 1 aromatic rings. The highest BCUT2D eigenvalue weighted by molar-refractivity contribution is 5.72. The normalized spacial score (nSPS) is 10.6. The minimum Gasteiger partial charge on any atom is -0.264 e. The van der Waals surface area contributed by atoms with Crippen molar-refractivity contribution in [3.8, 4) is 0 Å². The van der Waals surface area contributed by atoms with Crippen molar-refractivity contribution in [1.29, 1.82) is 0 Å². The van der Waals surface area contributed by atoms with Crippen LogP contribution in [0.15, 0.2) is 66.6 Å². The molecule has 0 fully saturated rings. The Bertz CT molecular complexity index is 476. The molecule has 0 aromatic carbocycles. The quantitative estimate of drug-likeness (QED) is 0.567. The second kappa shape index (κ2) is 13.1. The Morgan fingerprint density at radius 2 is 1.57 bits per heavy atom. The fourth-order valence-corrected chi connectivity index (χ4v) is 1.42. The number of nitrogens with zero attached hydrogens (tertiary/aromatic N) is 1. The third-order valence-corrected chi connectivity index (χ3v) is 2.55. The average Bonchev–Trinajstić information content (AvgIpc) is 2.51. The van der Waals surface area contributed by atoms with Gasteiger partial charge in [-0.1, -0.05) is 70.2 Å². The molecule has 0 radical (unpaired) electrons. The van der Waals surface area contributed by atoms with Crippen LogP contribution in [0.1, 0.15) is 54.0 Å². The summed E-state index contributed by atoms with van der Waals surface area (Å²) in [6, 6.07) is 3.92. The standard InChI is InChI=1S/C16H19N.2C2H6/c1-12(2)14(4)9-13(3)10-15(5)16-7-6-8-17-11-16;2*1-2/h6-11H,1,5H2,2-4H3;2*1-2H3/b13-10+,14-9+;;. The Balaban J connectivity index is 0. The van der Waals surface area contributed by atoms with E-state index in [1.165, 1.54) is 11.1 Å². The summed E-state index contributed by atoms with van der Waals surface area (Å²) < 4.78 is 0. The lowest BCUT2D eigenvalue weighted by atomic mass is 10.0. The zero-order valence-electron chi connectivity index (χ0n) is 14.8. The van der Waals surface area contributed by atoms with Crippen LogP contribution in [0.2, 0.25) is 0 Å². The summed E-state index contributed by atoms with van der Waals surface area (Å²) >= 11 is 0. The van der Waals surface area contributed by atoms with Gasteiger partial charge in [0.2, 0.25) is 0 Å². The Hall–Kier alpha value is -1.89. The highest BCUT2D eigenvalue weighted by Crippen LogP contribution is 2.16. The van der Waals surface area contributed by atoms with E-state index in [4.69, 9.17) is 0 Å². The van der Waals surface area contributed by atoms with E-state index in [1.54, 1.807) is 6.20 Å². The highest BCUT2D eigenvalue weighted by Gasteiger charge is 1.96. The molecule has 1 heterocycles. The van der Waals surface area contributed by atoms with Gasteiger partial charge < -0.3 is 0 Å². The predicted molar refractivity (Wildman–Crippen MR) is 98.3 cm³/mol. The van der Waals surface area contributed by atoms with Gasteiger partial charge in [0.25, 0.3) is 0 Å². The lowest BCUT2D eigenvalue weighted by Crippen LogP contribution is -1.83. The van der Waals surface area contributed by atoms with Crippen LogP contribution in [-0.2, 0) is 0 Å². The van der Waals surface area contributed by atoms with Crippen molar-refractivity contribution in [1.82, 2.24) is 4.98 Å². The molecule has 1 rings (SSSR count). The molecule has 0 atom stereocenters. The number of pyridine rings is 1. The molecule has 0 bridgehead atoms. The minimum atomic E-state index is 0.973. The van der Waals surface area contributed by atoms with Crippen LogP contribution < -0.4 is 0 Å². The van der Waals surface area contributed by atoms with Crippen molar-refractivity contribution in [3.05, 3.63) is 72.1 Å². The van der Waals surface area contributed by atoms with Crippen molar-refractivity contribution < 1.29 is 0 Å². The van der Waals surface area contributed by atoms with E-state index < -0.39 is 0 Å². The number of rotatable bonds is 4. The molecule has 0 N–H and O–H groups in total. The Morgan fingerprint density at radius 1 is 1.00 bits per heavy atom. The van der Waals surface area contributed by atoms with E-state index in [0.717, 1.165) is 16.7 Å². The summed E-state index contributed by atoms with van der Waals surface area (Å²) in [6.07, 6.45) is 7.76. The zero-order valence-corrected chi connectivity index (χ0v) is 14.8. The molecule has 0 spiro atoms. The second-order valence-corrected chi connectivity index (χ2v) is 4.26. The largest absolute Gasteiger partial charge is 0.264 e. The topological polar surface area (TPSA) is 12.9 Å². The molecule has 0 saturated heterocycles. The summed E-state index contributed by atoms with van der Waals surface area (Å²) in [5.41, 5.74) is 5.47. The third-order valence-electron chi connectivity index (χ3n) is 2.55. The molecule has 1 aromatic heterocycles. The number of hydrogen-bond acceptors (Lipinski definition) is 1. The Kier molecular flexibility index (Phi) is 13.4. The third kappa shape index (κ3) is 9.61. The van der Waals surface area contributed by atoms with E-state index in [0.29, 0.717) is 0 Å². The van der Waals surface area contributed by atoms with Gasteiger partial charge in [0.1, 0.15) is 0 Å². The van der Waals surface area contributed by atoms with Gasteiger partial charge in [0.05, 0.1) is 0 Å². The Labute approximate surface area is 131 Å². The molecule has 0 aliphatic rings. The molecular weight excluding hydrogens is 254 g/mol. The molecule has 21 heavy (non-hydrogen) atoms. The van der Waals surface area contributed by atoms with Gasteiger partial charge in [-0.3, -0.25) is 4.98 Å². The first-order valence-corrected chi connectivity index (χ1v) is 7.62. The SMILES string of the molecule is C=C(C)/C(C)=C/C(C)=C/C(=C)c1cccnc1.CC.CC. The van der Waals surface area contributed by atoms with E-state index in [-0.39, 0.29) is 0 Å². The van der Waals surface area contributed by atoms with Gasteiger partial charge in [-0.2, -0.15) is 0 Å². The molecule has 116 valence electrons. The summed E-state index contributed by atoms with van der Waals surface area (Å²) in [4.78, 5) is 4.08. The van der Waals surface area contributed by atoms with Gasteiger partial charge in [-0.15, -0.1) is 0 Å². The fraction of sp³-hybridized carbons (Fsp3) is 0.350. The fourth-order valence-electron chi connectivity index (χ4n) is 1.42. The van der Waals surface area contributed by atoms with Gasteiger partial charge >= 0.3 is 0 Å². The van der Waals surface area contributed by atoms with Crippen LogP contribution >= 0.6 is 0 Å². The van der Waals surface area contributed by atoms with Crippen molar-refractivity contribution >= 4 is 5.57 Å². The van der Waals surface area contributed by atoms with Crippen molar-refractivity contribution in [2.24, 2.45) is 0 Å². The maximum atomic E-state index is 4.08. The van der Waals surface area contributed by atoms with Crippen LogP contribution in [0.25, 0.3) is 5.57 Å². The average molecular weight is 285 g/mol. The molecular formula is C20H31N. The molecule has 1 nitrogen and oxygen atoms in total. The van der Waals surface area contributed by atoms with E-state index in [2.05, 4.69) is 44.1 Å². The minimum absolute atomic E-state index is 0.973. The first kappa shape index (κ1) is 21.4. The zero-order chi connectivity index (χ0) is 16.8. The van der Waals surface area contributed by atoms with Crippen LogP contribution in [0.3, 0.4) is 0 Å². The number of aromatic nitrogens is 1. The lowest BCUT2D eigenvalue weighted by molar-refractivity contribution is 1.31. The van der Waals surface area contributed by atoms with Crippen molar-refractivity contribution in [2.75, 3.05) is 0 Å². The van der Waals surface area contributed by atoms with Crippen LogP contribution in [-0.4, -0.2) is 4.98 Å². The predicted octanol–water partition coefficient (Wildman–Crippen LogP) is 6.62. The van der Waals surface area contributed by atoms with Crippen molar-refractivity contribution in [2.45, 2.75) is 48.5 Å². The van der Waals surface area contributed by atoms with Gasteiger partial charge in [-0.05, 0) is 43.5 Å². The lowest BCUT2D eigenvalue weighted by Gasteiger charge is -2.02. The van der Waals surface area contributed by atoms with Crippen molar-refractivity contribution in [3.63, 3.8) is 0 Å². The molecule has 1 heteroatoms. The first-order valence-electron chi connectivity index (χ1n) is 7.62. The molecule has 0 unspecified atom stereocenters. The smallest absolute Gasteiger partial charge is 0.0346 e. The van der Waals surface area contributed by atoms with E-state index in [1.807, 2.05) is 52.9 Å². The molecule has 0 aliphatic heterocycles. The summed E-state index contributed by atoms with van der Waals surface area (Å²) in [7, 11) is 0. The van der Waals surface area contributed by atoms with Gasteiger partial charge in [0.15, 0.2) is 0 Å². The summed E-state index contributed by atoms with van der Waals surface area (Å²) in [6.45, 7) is 22.1. The first-order chi connectivity index (χ1) is 10.0.